The summed E-state index contributed by atoms with van der Waals surface area (Å²) in [5.41, 5.74) is 7.15. The van der Waals surface area contributed by atoms with E-state index in [0.717, 1.165) is 10.7 Å². The number of thioether (sulfide) groups is 1. The van der Waals surface area contributed by atoms with E-state index in [0.29, 0.717) is 5.56 Å². The molecule has 88 valence electrons. The van der Waals surface area contributed by atoms with Crippen LogP contribution in [0.25, 0.3) is 5.69 Å². The summed E-state index contributed by atoms with van der Waals surface area (Å²) in [6, 6.07) is 9.67. The van der Waals surface area contributed by atoms with E-state index in [-0.39, 0.29) is 5.84 Å². The molecule has 0 amide bonds. The van der Waals surface area contributed by atoms with Crippen LogP contribution in [0.15, 0.2) is 46.7 Å². The fourth-order valence-corrected chi connectivity index (χ4v) is 2.00. The lowest BCUT2D eigenvalue weighted by Gasteiger charge is -1.98. The number of aromatic nitrogens is 2. The predicted molar refractivity (Wildman–Crippen MR) is 67.9 cm³/mol. The molecular formula is C11H12N4OS. The van der Waals surface area contributed by atoms with Crippen molar-refractivity contribution in [3.05, 3.63) is 42.1 Å². The Bertz CT molecular complexity index is 536. The molecule has 0 bridgehead atoms. The highest BCUT2D eigenvalue weighted by molar-refractivity contribution is 7.98. The van der Waals surface area contributed by atoms with E-state index in [1.165, 1.54) is 11.8 Å². The fraction of sp³-hybridized carbons (Fsp3) is 0.0909. The molecular weight excluding hydrogens is 236 g/mol. The van der Waals surface area contributed by atoms with Crippen LogP contribution in [0.4, 0.5) is 0 Å². The first kappa shape index (κ1) is 11.5. The summed E-state index contributed by atoms with van der Waals surface area (Å²) in [5, 5.41) is 16.8. The molecule has 0 unspecified atom stereocenters. The number of nitrogens with zero attached hydrogens (tertiary/aromatic N) is 3. The highest BCUT2D eigenvalue weighted by Crippen LogP contribution is 2.20. The number of benzene rings is 1. The first-order valence-corrected chi connectivity index (χ1v) is 6.15. The molecule has 0 aliphatic carbocycles. The second kappa shape index (κ2) is 4.92. The van der Waals surface area contributed by atoms with E-state index in [1.54, 1.807) is 10.9 Å². The van der Waals surface area contributed by atoms with Gasteiger partial charge >= 0.3 is 0 Å². The monoisotopic (exact) mass is 248 g/mol. The van der Waals surface area contributed by atoms with Gasteiger partial charge in [-0.1, -0.05) is 23.4 Å². The van der Waals surface area contributed by atoms with Crippen LogP contribution in [0.3, 0.4) is 0 Å². The van der Waals surface area contributed by atoms with Gasteiger partial charge in [-0.25, -0.2) is 4.68 Å². The van der Waals surface area contributed by atoms with Crippen LogP contribution in [0.5, 0.6) is 0 Å². The van der Waals surface area contributed by atoms with E-state index in [9.17, 15) is 0 Å². The van der Waals surface area contributed by atoms with Gasteiger partial charge in [-0.3, -0.25) is 0 Å². The molecule has 17 heavy (non-hydrogen) atoms. The van der Waals surface area contributed by atoms with Gasteiger partial charge in [-0.05, 0) is 18.4 Å². The van der Waals surface area contributed by atoms with E-state index in [2.05, 4.69) is 10.3 Å². The third-order valence-electron chi connectivity index (χ3n) is 2.28. The van der Waals surface area contributed by atoms with E-state index in [4.69, 9.17) is 10.9 Å². The van der Waals surface area contributed by atoms with Crippen molar-refractivity contribution >= 4 is 17.6 Å². The molecule has 0 atom stereocenters. The van der Waals surface area contributed by atoms with Crippen molar-refractivity contribution in [1.29, 1.82) is 0 Å². The van der Waals surface area contributed by atoms with E-state index >= 15 is 0 Å². The Kier molecular flexibility index (Phi) is 3.34. The second-order valence-corrected chi connectivity index (χ2v) is 4.11. The van der Waals surface area contributed by atoms with Gasteiger partial charge in [-0.2, -0.15) is 5.10 Å². The summed E-state index contributed by atoms with van der Waals surface area (Å²) < 4.78 is 1.71. The average Bonchev–Trinajstić information content (AvgIpc) is 2.83. The van der Waals surface area contributed by atoms with Gasteiger partial charge in [0.05, 0.1) is 11.3 Å². The zero-order valence-electron chi connectivity index (χ0n) is 9.24. The third-order valence-corrected chi connectivity index (χ3v) is 2.97. The fourth-order valence-electron chi connectivity index (χ4n) is 1.45. The number of nitrogens with two attached hydrogens (primary N) is 1. The molecule has 0 aliphatic heterocycles. The molecule has 0 radical (unpaired) electrons. The predicted octanol–water partition coefficient (Wildman–Crippen LogP) is 1.69. The van der Waals surface area contributed by atoms with Gasteiger partial charge < -0.3 is 10.9 Å². The molecule has 5 nitrogen and oxygen atoms in total. The minimum absolute atomic E-state index is 0.0662. The lowest BCUT2D eigenvalue weighted by Crippen LogP contribution is -2.13. The SMILES string of the molecule is CSc1nn(-c2ccccc2)cc1C(N)=NO. The number of hydrogen-bond acceptors (Lipinski definition) is 4. The largest absolute Gasteiger partial charge is 0.409 e. The maximum Gasteiger partial charge on any atom is 0.174 e. The summed E-state index contributed by atoms with van der Waals surface area (Å²) in [6.07, 6.45) is 3.64. The van der Waals surface area contributed by atoms with Crippen LogP contribution < -0.4 is 5.73 Å². The van der Waals surface area contributed by atoms with Gasteiger partial charge in [0.25, 0.3) is 0 Å². The van der Waals surface area contributed by atoms with Gasteiger partial charge in [0, 0.05) is 6.20 Å². The summed E-state index contributed by atoms with van der Waals surface area (Å²) >= 11 is 1.45. The normalized spacial score (nSPS) is 11.7. The minimum atomic E-state index is 0.0662. The second-order valence-electron chi connectivity index (χ2n) is 3.32. The molecule has 0 saturated heterocycles. The molecule has 1 aromatic heterocycles. The van der Waals surface area contributed by atoms with Gasteiger partial charge in [0.2, 0.25) is 0 Å². The quantitative estimate of drug-likeness (QED) is 0.285. The highest BCUT2D eigenvalue weighted by Gasteiger charge is 2.12. The Morgan fingerprint density at radius 2 is 2.12 bits per heavy atom. The van der Waals surface area contributed by atoms with Gasteiger partial charge in [0.1, 0.15) is 5.03 Å². The van der Waals surface area contributed by atoms with Crippen molar-refractivity contribution in [1.82, 2.24) is 9.78 Å². The van der Waals surface area contributed by atoms with Gasteiger partial charge in [-0.15, -0.1) is 11.8 Å². The number of para-hydroxylation sites is 1. The number of rotatable bonds is 3. The standard InChI is InChI=1S/C11H12N4OS/c1-17-11-9(10(12)14-16)7-15(13-11)8-5-3-2-4-6-8/h2-7,16H,1H3,(H2,12,14). The summed E-state index contributed by atoms with van der Waals surface area (Å²) in [7, 11) is 0. The Balaban J connectivity index is 2.49. The zero-order valence-corrected chi connectivity index (χ0v) is 10.1. The number of oxime groups is 1. The minimum Gasteiger partial charge on any atom is -0.409 e. The maximum absolute atomic E-state index is 8.70. The topological polar surface area (TPSA) is 76.4 Å². The molecule has 0 spiro atoms. The number of amidine groups is 1. The van der Waals surface area contributed by atoms with Crippen LogP contribution in [0.2, 0.25) is 0 Å². The van der Waals surface area contributed by atoms with E-state index in [1.807, 2.05) is 36.6 Å². The van der Waals surface area contributed by atoms with Crippen LogP contribution >= 0.6 is 11.8 Å². The molecule has 0 fully saturated rings. The van der Waals surface area contributed by atoms with Crippen LogP contribution in [0, 0.1) is 0 Å². The molecule has 0 aliphatic rings. The Labute approximate surface area is 103 Å². The van der Waals surface area contributed by atoms with Crippen molar-refractivity contribution in [2.75, 3.05) is 6.26 Å². The first-order valence-electron chi connectivity index (χ1n) is 4.93. The van der Waals surface area contributed by atoms with Crippen molar-refractivity contribution in [2.45, 2.75) is 5.03 Å². The van der Waals surface area contributed by atoms with Crippen molar-refractivity contribution in [3.63, 3.8) is 0 Å². The van der Waals surface area contributed by atoms with Crippen LogP contribution in [0.1, 0.15) is 5.56 Å². The van der Waals surface area contributed by atoms with Crippen LogP contribution in [-0.4, -0.2) is 27.1 Å². The molecule has 1 heterocycles. The lowest BCUT2D eigenvalue weighted by molar-refractivity contribution is 0.318. The van der Waals surface area contributed by atoms with Crippen molar-refractivity contribution < 1.29 is 5.21 Å². The first-order chi connectivity index (χ1) is 8.26. The molecule has 3 N–H and O–H groups in total. The smallest absolute Gasteiger partial charge is 0.174 e. The van der Waals surface area contributed by atoms with E-state index < -0.39 is 0 Å². The average molecular weight is 248 g/mol. The van der Waals surface area contributed by atoms with Crippen molar-refractivity contribution in [2.24, 2.45) is 10.9 Å². The molecule has 6 heteroatoms. The maximum atomic E-state index is 8.70. The molecule has 2 aromatic rings. The van der Waals surface area contributed by atoms with Crippen LogP contribution in [-0.2, 0) is 0 Å². The highest BCUT2D eigenvalue weighted by atomic mass is 32.2. The Hall–Kier alpha value is -1.95. The number of hydrogen-bond donors (Lipinski definition) is 2. The van der Waals surface area contributed by atoms with Crippen molar-refractivity contribution in [3.8, 4) is 5.69 Å². The summed E-state index contributed by atoms with van der Waals surface area (Å²) in [5.74, 6) is 0.0662. The Morgan fingerprint density at radius 3 is 2.71 bits per heavy atom. The molecule has 2 rings (SSSR count). The van der Waals surface area contributed by atoms with Gasteiger partial charge in [0.15, 0.2) is 5.84 Å². The summed E-state index contributed by atoms with van der Waals surface area (Å²) in [6.45, 7) is 0. The lowest BCUT2D eigenvalue weighted by atomic mass is 10.3. The zero-order chi connectivity index (χ0) is 12.3. The molecule has 0 saturated carbocycles. The molecule has 1 aromatic carbocycles. The summed E-state index contributed by atoms with van der Waals surface area (Å²) in [4.78, 5) is 0. The third kappa shape index (κ3) is 2.26. The Morgan fingerprint density at radius 1 is 1.41 bits per heavy atom.